The van der Waals surface area contributed by atoms with Gasteiger partial charge in [0.25, 0.3) is 0 Å². The number of anilines is 1. The first-order valence-corrected chi connectivity index (χ1v) is 8.27. The van der Waals surface area contributed by atoms with Gasteiger partial charge in [0.2, 0.25) is 5.91 Å². The highest BCUT2D eigenvalue weighted by Crippen LogP contribution is 2.37. The van der Waals surface area contributed by atoms with Crippen LogP contribution in [0, 0.1) is 11.3 Å². The van der Waals surface area contributed by atoms with E-state index < -0.39 is 6.10 Å². The van der Waals surface area contributed by atoms with Gasteiger partial charge in [0.15, 0.2) is 0 Å². The van der Waals surface area contributed by atoms with Gasteiger partial charge in [-0.05, 0) is 37.7 Å². The van der Waals surface area contributed by atoms with Crippen LogP contribution in [0.2, 0.25) is 0 Å². The molecule has 1 aliphatic heterocycles. The van der Waals surface area contributed by atoms with E-state index in [2.05, 4.69) is 16.7 Å². The van der Waals surface area contributed by atoms with Gasteiger partial charge in [0, 0.05) is 11.4 Å². The fourth-order valence-electron chi connectivity index (χ4n) is 3.06. The Bertz CT molecular complexity index is 590. The van der Waals surface area contributed by atoms with Gasteiger partial charge in [-0.2, -0.15) is 5.26 Å². The van der Waals surface area contributed by atoms with Crippen molar-refractivity contribution in [2.24, 2.45) is 0 Å². The average Bonchev–Trinajstić information content (AvgIpc) is 2.96. The van der Waals surface area contributed by atoms with E-state index in [1.165, 1.54) is 11.3 Å². The molecular formula is C15H19N3O2S. The molecular weight excluding hydrogens is 286 g/mol. The number of rotatable bonds is 2. The Morgan fingerprint density at radius 1 is 1.38 bits per heavy atom. The minimum absolute atomic E-state index is 0.153. The molecule has 1 saturated heterocycles. The van der Waals surface area contributed by atoms with E-state index >= 15 is 0 Å². The number of nitrogens with one attached hydrogen (secondary N) is 2. The maximum atomic E-state index is 12.2. The third-order valence-electron chi connectivity index (χ3n) is 4.19. The maximum Gasteiger partial charge on any atom is 0.242 e. The minimum Gasteiger partial charge on any atom is -0.392 e. The number of fused-ring (bicyclic) bond motifs is 1. The molecule has 3 N–H and O–H groups in total. The van der Waals surface area contributed by atoms with Gasteiger partial charge in [-0.15, -0.1) is 11.3 Å². The zero-order valence-corrected chi connectivity index (χ0v) is 12.6. The molecule has 1 amide bonds. The summed E-state index contributed by atoms with van der Waals surface area (Å²) in [6, 6.07) is 1.89. The summed E-state index contributed by atoms with van der Waals surface area (Å²) in [5.74, 6) is -0.153. The molecule has 0 spiro atoms. The molecule has 1 aromatic heterocycles. The van der Waals surface area contributed by atoms with Crippen molar-refractivity contribution in [3.05, 3.63) is 16.0 Å². The van der Waals surface area contributed by atoms with Crippen LogP contribution in [0.5, 0.6) is 0 Å². The summed E-state index contributed by atoms with van der Waals surface area (Å²) in [7, 11) is 0. The van der Waals surface area contributed by atoms with Crippen molar-refractivity contribution in [1.82, 2.24) is 5.32 Å². The second-order valence-electron chi connectivity index (χ2n) is 5.72. The molecule has 6 heteroatoms. The smallest absolute Gasteiger partial charge is 0.242 e. The number of aliphatic hydroxyl groups is 1. The Balaban J connectivity index is 1.79. The number of carbonyl (C=O) groups is 1. The topological polar surface area (TPSA) is 85.2 Å². The van der Waals surface area contributed by atoms with E-state index in [0.29, 0.717) is 23.5 Å². The summed E-state index contributed by atoms with van der Waals surface area (Å²) in [5.41, 5.74) is 1.78. The van der Waals surface area contributed by atoms with Gasteiger partial charge < -0.3 is 15.7 Å². The number of carbonyl (C=O) groups excluding carboxylic acids is 1. The first-order chi connectivity index (χ1) is 10.2. The molecule has 2 unspecified atom stereocenters. The van der Waals surface area contributed by atoms with Crippen LogP contribution in [0.15, 0.2) is 0 Å². The van der Waals surface area contributed by atoms with Crippen molar-refractivity contribution in [2.75, 3.05) is 11.9 Å². The highest BCUT2D eigenvalue weighted by Gasteiger charge is 2.29. The van der Waals surface area contributed by atoms with Crippen LogP contribution in [0.3, 0.4) is 0 Å². The number of aliphatic hydroxyl groups excluding tert-OH is 1. The Morgan fingerprint density at radius 3 is 2.90 bits per heavy atom. The highest BCUT2D eigenvalue weighted by molar-refractivity contribution is 7.16. The van der Waals surface area contributed by atoms with Gasteiger partial charge >= 0.3 is 0 Å². The maximum absolute atomic E-state index is 12.2. The molecule has 5 nitrogen and oxygen atoms in total. The van der Waals surface area contributed by atoms with E-state index in [0.717, 1.165) is 31.2 Å². The van der Waals surface area contributed by atoms with E-state index in [4.69, 9.17) is 0 Å². The lowest BCUT2D eigenvalue weighted by Crippen LogP contribution is -2.35. The first kappa shape index (κ1) is 14.5. The third-order valence-corrected chi connectivity index (χ3v) is 5.40. The molecule has 1 aliphatic carbocycles. The van der Waals surface area contributed by atoms with Crippen LogP contribution in [-0.2, 0) is 17.6 Å². The van der Waals surface area contributed by atoms with Gasteiger partial charge in [-0.1, -0.05) is 6.42 Å². The molecule has 2 atom stereocenters. The lowest BCUT2D eigenvalue weighted by molar-refractivity contribution is -0.117. The fraction of sp³-hybridized carbons (Fsp3) is 0.600. The van der Waals surface area contributed by atoms with Crippen LogP contribution >= 0.6 is 11.3 Å². The standard InChI is InChI=1S/C15H19N3O2S/c16-7-11-10-4-2-1-3-5-13(10)21-15(11)18-14(20)12-6-9(19)8-17-12/h9,12,17,19H,1-6,8H2,(H,18,20). The molecule has 2 aliphatic rings. The summed E-state index contributed by atoms with van der Waals surface area (Å²) in [4.78, 5) is 13.5. The second kappa shape index (κ2) is 6.14. The normalized spacial score (nSPS) is 25.0. The van der Waals surface area contributed by atoms with Gasteiger partial charge in [-0.25, -0.2) is 0 Å². The van der Waals surface area contributed by atoms with Crippen molar-refractivity contribution >= 4 is 22.2 Å². The molecule has 0 saturated carbocycles. The van der Waals surface area contributed by atoms with Crippen LogP contribution in [0.4, 0.5) is 5.00 Å². The highest BCUT2D eigenvalue weighted by atomic mass is 32.1. The first-order valence-electron chi connectivity index (χ1n) is 7.46. The minimum atomic E-state index is -0.462. The molecule has 112 valence electrons. The Hall–Kier alpha value is -1.42. The summed E-state index contributed by atoms with van der Waals surface area (Å²) in [6.07, 6.45) is 5.38. The molecule has 3 rings (SSSR count). The Morgan fingerprint density at radius 2 is 2.19 bits per heavy atom. The predicted molar refractivity (Wildman–Crippen MR) is 81.3 cm³/mol. The summed E-state index contributed by atoms with van der Waals surface area (Å²) in [5, 5.41) is 25.5. The average molecular weight is 305 g/mol. The van der Waals surface area contributed by atoms with Crippen LogP contribution in [0.25, 0.3) is 0 Å². The third kappa shape index (κ3) is 2.95. The quantitative estimate of drug-likeness (QED) is 0.724. The molecule has 0 bridgehead atoms. The summed E-state index contributed by atoms with van der Waals surface area (Å²) in [6.45, 7) is 0.449. The van der Waals surface area contributed by atoms with Crippen molar-refractivity contribution in [1.29, 1.82) is 5.26 Å². The molecule has 1 aromatic rings. The van der Waals surface area contributed by atoms with Gasteiger partial charge in [0.1, 0.15) is 11.1 Å². The molecule has 1 fully saturated rings. The number of hydrogen-bond donors (Lipinski definition) is 3. The Kier molecular flexibility index (Phi) is 4.24. The number of amides is 1. The summed E-state index contributed by atoms with van der Waals surface area (Å²) >= 11 is 1.54. The van der Waals surface area contributed by atoms with Crippen molar-refractivity contribution < 1.29 is 9.90 Å². The number of β-amino-alcohol motifs (C(OH)–C–C–N with tert-alkyl or cyclic N) is 1. The zero-order valence-electron chi connectivity index (χ0n) is 11.8. The zero-order chi connectivity index (χ0) is 14.8. The van der Waals surface area contributed by atoms with E-state index in [1.807, 2.05) is 0 Å². The number of nitriles is 1. The lowest BCUT2D eigenvalue weighted by Gasteiger charge is -2.10. The number of hydrogen-bond acceptors (Lipinski definition) is 5. The Labute approximate surface area is 128 Å². The number of aryl methyl sites for hydroxylation is 1. The second-order valence-corrected chi connectivity index (χ2v) is 6.83. The van der Waals surface area contributed by atoms with Crippen LogP contribution < -0.4 is 10.6 Å². The molecule has 0 aromatic carbocycles. The van der Waals surface area contributed by atoms with Crippen LogP contribution in [-0.4, -0.2) is 29.7 Å². The predicted octanol–water partition coefficient (Wildman–Crippen LogP) is 1.55. The van der Waals surface area contributed by atoms with Crippen LogP contribution in [0.1, 0.15) is 41.7 Å². The number of thiophene rings is 1. The van der Waals surface area contributed by atoms with Crippen molar-refractivity contribution in [2.45, 2.75) is 50.7 Å². The van der Waals surface area contributed by atoms with Gasteiger partial charge in [-0.3, -0.25) is 4.79 Å². The molecule has 21 heavy (non-hydrogen) atoms. The molecule has 2 heterocycles. The van der Waals surface area contributed by atoms with Crippen molar-refractivity contribution in [3.63, 3.8) is 0 Å². The fourth-order valence-corrected chi connectivity index (χ4v) is 4.31. The number of nitrogens with zero attached hydrogens (tertiary/aromatic N) is 1. The van der Waals surface area contributed by atoms with Gasteiger partial charge in [0.05, 0.1) is 17.7 Å². The molecule has 0 radical (unpaired) electrons. The lowest BCUT2D eigenvalue weighted by atomic mass is 10.1. The van der Waals surface area contributed by atoms with E-state index in [-0.39, 0.29) is 11.9 Å². The summed E-state index contributed by atoms with van der Waals surface area (Å²) < 4.78 is 0. The largest absolute Gasteiger partial charge is 0.392 e. The van der Waals surface area contributed by atoms with E-state index in [9.17, 15) is 15.2 Å². The van der Waals surface area contributed by atoms with Crippen molar-refractivity contribution in [3.8, 4) is 6.07 Å². The SMILES string of the molecule is N#Cc1c(NC(=O)C2CC(O)CN2)sc2c1CCCCC2. The van der Waals surface area contributed by atoms with E-state index in [1.54, 1.807) is 11.3 Å². The monoisotopic (exact) mass is 305 g/mol.